The van der Waals surface area contributed by atoms with Gasteiger partial charge in [0.2, 0.25) is 10.0 Å². The molecule has 21 heavy (non-hydrogen) atoms. The molecule has 0 unspecified atom stereocenters. The first-order valence-corrected chi connectivity index (χ1v) is 8.37. The van der Waals surface area contributed by atoms with E-state index in [0.717, 1.165) is 5.56 Å². The van der Waals surface area contributed by atoms with Crippen LogP contribution in [0.1, 0.15) is 11.1 Å². The maximum Gasteiger partial charge on any atom is 0.242 e. The Bertz CT molecular complexity index is 779. The lowest BCUT2D eigenvalue weighted by Crippen LogP contribution is -2.24. The Balaban J connectivity index is 2.24. The van der Waals surface area contributed by atoms with Crippen molar-refractivity contribution in [3.05, 3.63) is 57.8 Å². The number of anilines is 1. The lowest BCUT2D eigenvalue weighted by molar-refractivity contribution is 0.580. The fourth-order valence-corrected chi connectivity index (χ4v) is 3.35. The summed E-state index contributed by atoms with van der Waals surface area (Å²) in [6.45, 7) is 1.79. The van der Waals surface area contributed by atoms with Gasteiger partial charge >= 0.3 is 0 Å². The van der Waals surface area contributed by atoms with Gasteiger partial charge in [-0.15, -0.1) is 0 Å². The van der Waals surface area contributed by atoms with E-state index in [0.29, 0.717) is 10.0 Å². The van der Waals surface area contributed by atoms with Gasteiger partial charge in [-0.25, -0.2) is 17.5 Å². The highest BCUT2D eigenvalue weighted by Crippen LogP contribution is 2.21. The second kappa shape index (κ2) is 6.13. The Kier molecular flexibility index (Phi) is 4.65. The van der Waals surface area contributed by atoms with Crippen molar-refractivity contribution in [3.8, 4) is 0 Å². The van der Waals surface area contributed by atoms with Crippen molar-refractivity contribution in [3.63, 3.8) is 0 Å². The summed E-state index contributed by atoms with van der Waals surface area (Å²) in [6, 6.07) is 8.80. The molecular weight excluding hydrogens is 359 g/mol. The number of nitrogens with one attached hydrogen (secondary N) is 1. The van der Waals surface area contributed by atoms with Crippen LogP contribution in [0.5, 0.6) is 0 Å². The van der Waals surface area contributed by atoms with E-state index in [1.165, 1.54) is 24.3 Å². The summed E-state index contributed by atoms with van der Waals surface area (Å²) in [6.07, 6.45) is 0. The molecular formula is C14H14BrFN2O2S. The van der Waals surface area contributed by atoms with E-state index in [-0.39, 0.29) is 17.1 Å². The molecule has 4 nitrogen and oxygen atoms in total. The third-order valence-corrected chi connectivity index (χ3v) is 5.16. The minimum atomic E-state index is -3.75. The van der Waals surface area contributed by atoms with Crippen LogP contribution in [0.2, 0.25) is 0 Å². The largest absolute Gasteiger partial charge is 0.398 e. The highest BCUT2D eigenvalue weighted by molar-refractivity contribution is 9.10. The van der Waals surface area contributed by atoms with Gasteiger partial charge in [0.25, 0.3) is 0 Å². The number of sulfonamides is 1. The topological polar surface area (TPSA) is 72.2 Å². The molecule has 0 aliphatic rings. The first-order chi connectivity index (χ1) is 9.79. The molecule has 0 saturated carbocycles. The summed E-state index contributed by atoms with van der Waals surface area (Å²) in [5.74, 6) is -0.428. The summed E-state index contributed by atoms with van der Waals surface area (Å²) >= 11 is 3.25. The molecule has 112 valence electrons. The number of hydrogen-bond donors (Lipinski definition) is 2. The van der Waals surface area contributed by atoms with Crippen molar-refractivity contribution in [1.82, 2.24) is 4.72 Å². The van der Waals surface area contributed by atoms with Crippen LogP contribution in [-0.2, 0) is 16.6 Å². The van der Waals surface area contributed by atoms with E-state index in [1.54, 1.807) is 12.1 Å². The molecule has 0 aliphatic heterocycles. The van der Waals surface area contributed by atoms with Crippen molar-refractivity contribution in [1.29, 1.82) is 0 Å². The van der Waals surface area contributed by atoms with E-state index in [2.05, 4.69) is 20.7 Å². The SMILES string of the molecule is Cc1ccc(S(=O)(=O)NCc2cc(F)ccc2Br)c(N)c1. The van der Waals surface area contributed by atoms with Crippen LogP contribution in [0.15, 0.2) is 45.8 Å². The summed E-state index contributed by atoms with van der Waals surface area (Å²) in [4.78, 5) is 0.0145. The highest BCUT2D eigenvalue weighted by atomic mass is 79.9. The minimum Gasteiger partial charge on any atom is -0.398 e. The molecule has 0 spiro atoms. The molecule has 0 radical (unpaired) electrons. The zero-order valence-electron chi connectivity index (χ0n) is 11.2. The summed E-state index contributed by atoms with van der Waals surface area (Å²) in [5.41, 5.74) is 7.30. The molecule has 0 aromatic heterocycles. The Hall–Kier alpha value is -1.44. The van der Waals surface area contributed by atoms with Gasteiger partial charge in [0.15, 0.2) is 0 Å². The second-order valence-corrected chi connectivity index (χ2v) is 7.19. The molecule has 2 aromatic carbocycles. The van der Waals surface area contributed by atoms with Crippen LogP contribution >= 0.6 is 15.9 Å². The normalized spacial score (nSPS) is 11.6. The molecule has 0 heterocycles. The Labute approximate surface area is 131 Å². The molecule has 0 amide bonds. The Morgan fingerprint density at radius 1 is 1.24 bits per heavy atom. The van der Waals surface area contributed by atoms with Gasteiger partial charge < -0.3 is 5.73 Å². The number of nitrogens with two attached hydrogens (primary N) is 1. The lowest BCUT2D eigenvalue weighted by Gasteiger charge is -2.10. The molecule has 7 heteroatoms. The zero-order chi connectivity index (χ0) is 15.6. The maximum absolute atomic E-state index is 13.2. The molecule has 3 N–H and O–H groups in total. The van der Waals surface area contributed by atoms with Crippen LogP contribution in [-0.4, -0.2) is 8.42 Å². The summed E-state index contributed by atoms with van der Waals surface area (Å²) < 4.78 is 40.7. The molecule has 0 atom stereocenters. The third kappa shape index (κ3) is 3.81. The van der Waals surface area contributed by atoms with E-state index >= 15 is 0 Å². The fourth-order valence-electron chi connectivity index (χ4n) is 1.84. The number of benzene rings is 2. The molecule has 2 aromatic rings. The van der Waals surface area contributed by atoms with E-state index in [1.807, 2.05) is 6.92 Å². The Morgan fingerprint density at radius 3 is 2.62 bits per heavy atom. The van der Waals surface area contributed by atoms with Gasteiger partial charge in [-0.2, -0.15) is 0 Å². The van der Waals surface area contributed by atoms with Crippen LogP contribution in [0.25, 0.3) is 0 Å². The lowest BCUT2D eigenvalue weighted by atomic mass is 10.2. The molecule has 0 aliphatic carbocycles. The van der Waals surface area contributed by atoms with Crippen molar-refractivity contribution >= 4 is 31.6 Å². The van der Waals surface area contributed by atoms with Crippen LogP contribution in [0.3, 0.4) is 0 Å². The van der Waals surface area contributed by atoms with Gasteiger partial charge in [0, 0.05) is 11.0 Å². The zero-order valence-corrected chi connectivity index (χ0v) is 13.6. The average molecular weight is 373 g/mol. The van der Waals surface area contributed by atoms with Gasteiger partial charge in [0.1, 0.15) is 10.7 Å². The molecule has 0 fully saturated rings. The fraction of sp³-hybridized carbons (Fsp3) is 0.143. The van der Waals surface area contributed by atoms with Crippen LogP contribution < -0.4 is 10.5 Å². The molecule has 2 rings (SSSR count). The smallest absolute Gasteiger partial charge is 0.242 e. The Morgan fingerprint density at radius 2 is 1.95 bits per heavy atom. The average Bonchev–Trinajstić information content (AvgIpc) is 2.39. The van der Waals surface area contributed by atoms with Crippen molar-refractivity contribution in [2.24, 2.45) is 0 Å². The number of nitrogen functional groups attached to an aromatic ring is 1. The second-order valence-electron chi connectivity index (χ2n) is 4.60. The first-order valence-electron chi connectivity index (χ1n) is 6.09. The van der Waals surface area contributed by atoms with Gasteiger partial charge in [-0.3, -0.25) is 0 Å². The number of hydrogen-bond acceptors (Lipinski definition) is 3. The van der Waals surface area contributed by atoms with Crippen molar-refractivity contribution in [2.75, 3.05) is 5.73 Å². The number of aryl methyl sites for hydroxylation is 1. The van der Waals surface area contributed by atoms with Gasteiger partial charge in [0.05, 0.1) is 5.69 Å². The maximum atomic E-state index is 13.2. The number of halogens is 2. The highest BCUT2D eigenvalue weighted by Gasteiger charge is 2.17. The predicted molar refractivity (Wildman–Crippen MR) is 83.7 cm³/mol. The minimum absolute atomic E-state index is 0.0145. The molecule has 0 saturated heterocycles. The quantitative estimate of drug-likeness (QED) is 0.810. The summed E-state index contributed by atoms with van der Waals surface area (Å²) in [7, 11) is -3.75. The predicted octanol–water partition coefficient (Wildman–Crippen LogP) is 2.96. The van der Waals surface area contributed by atoms with E-state index in [9.17, 15) is 12.8 Å². The standard InChI is InChI=1S/C14H14BrFN2O2S/c1-9-2-5-14(13(17)6-9)21(19,20)18-8-10-7-11(16)3-4-12(10)15/h2-7,18H,8,17H2,1H3. The van der Waals surface area contributed by atoms with Gasteiger partial charge in [-0.05, 0) is 48.4 Å². The van der Waals surface area contributed by atoms with Crippen LogP contribution in [0.4, 0.5) is 10.1 Å². The third-order valence-electron chi connectivity index (χ3n) is 2.92. The van der Waals surface area contributed by atoms with E-state index < -0.39 is 15.8 Å². The van der Waals surface area contributed by atoms with Crippen molar-refractivity contribution in [2.45, 2.75) is 18.4 Å². The van der Waals surface area contributed by atoms with Gasteiger partial charge in [-0.1, -0.05) is 22.0 Å². The van der Waals surface area contributed by atoms with E-state index in [4.69, 9.17) is 5.73 Å². The van der Waals surface area contributed by atoms with Crippen molar-refractivity contribution < 1.29 is 12.8 Å². The van der Waals surface area contributed by atoms with Crippen LogP contribution in [0, 0.1) is 12.7 Å². The number of rotatable bonds is 4. The molecule has 0 bridgehead atoms. The summed E-state index contributed by atoms with van der Waals surface area (Å²) in [5, 5.41) is 0. The monoisotopic (exact) mass is 372 g/mol. The first kappa shape index (κ1) is 15.9.